The first-order valence-corrected chi connectivity index (χ1v) is 7.47. The van der Waals surface area contributed by atoms with Crippen molar-refractivity contribution in [2.45, 2.75) is 18.7 Å². The van der Waals surface area contributed by atoms with Crippen LogP contribution in [0.2, 0.25) is 0 Å². The van der Waals surface area contributed by atoms with Gasteiger partial charge in [0, 0.05) is 17.0 Å². The summed E-state index contributed by atoms with van der Waals surface area (Å²) in [7, 11) is 0. The minimum atomic E-state index is -0.498. The predicted octanol–water partition coefficient (Wildman–Crippen LogP) is 4.98. The summed E-state index contributed by atoms with van der Waals surface area (Å²) in [5.74, 6) is -0.0542. The number of nitro benzene ring substituents is 1. The molecule has 0 N–H and O–H groups in total. The molecular weight excluding hydrogens is 341 g/mol. The van der Waals surface area contributed by atoms with E-state index in [-0.39, 0.29) is 22.5 Å². The van der Waals surface area contributed by atoms with E-state index in [0.29, 0.717) is 12.0 Å². The number of aryl methyl sites for hydroxylation is 1. The minimum absolute atomic E-state index is 0.102. The summed E-state index contributed by atoms with van der Waals surface area (Å²) in [5, 5.41) is 11.4. The number of nitro groups is 1. The van der Waals surface area contributed by atoms with Gasteiger partial charge in [-0.2, -0.15) is 0 Å². The molecule has 2 aromatic carbocycles. The molecule has 21 heavy (non-hydrogen) atoms. The first-order valence-electron chi connectivity index (χ1n) is 6.35. The summed E-state index contributed by atoms with van der Waals surface area (Å²) in [6.45, 7) is 1.91. The van der Waals surface area contributed by atoms with E-state index in [2.05, 4.69) is 15.9 Å². The van der Waals surface area contributed by atoms with E-state index >= 15 is 0 Å². The van der Waals surface area contributed by atoms with E-state index in [1.54, 1.807) is 18.2 Å². The minimum Gasteiger partial charge on any atom is -0.450 e. The van der Waals surface area contributed by atoms with Crippen molar-refractivity contribution in [2.24, 2.45) is 0 Å². The molecular formula is C15H13BrFNO3. The predicted molar refractivity (Wildman–Crippen MR) is 81.6 cm³/mol. The van der Waals surface area contributed by atoms with Crippen LogP contribution in [0.15, 0.2) is 36.4 Å². The van der Waals surface area contributed by atoms with Crippen LogP contribution in [-0.4, -0.2) is 4.92 Å². The fourth-order valence-corrected chi connectivity index (χ4v) is 2.44. The average molecular weight is 354 g/mol. The summed E-state index contributed by atoms with van der Waals surface area (Å²) < 4.78 is 19.2. The van der Waals surface area contributed by atoms with Crippen molar-refractivity contribution in [1.82, 2.24) is 0 Å². The van der Waals surface area contributed by atoms with Gasteiger partial charge in [-0.25, -0.2) is 4.39 Å². The Morgan fingerprint density at radius 2 is 2.05 bits per heavy atom. The molecule has 0 aliphatic rings. The standard InChI is InChI=1S/C15H13BrFNO3/c1-2-10-6-7-15(13(8-10)18(19)20)21-14-5-3-4-12(17)11(14)9-16/h3-8H,2,9H2,1H3. The first kappa shape index (κ1) is 15.4. The van der Waals surface area contributed by atoms with Gasteiger partial charge in [-0.1, -0.05) is 35.0 Å². The van der Waals surface area contributed by atoms with Gasteiger partial charge in [0.05, 0.1) is 4.92 Å². The molecule has 6 heteroatoms. The molecule has 0 aliphatic carbocycles. The molecule has 0 atom stereocenters. The Kier molecular flexibility index (Phi) is 4.90. The highest BCUT2D eigenvalue weighted by Crippen LogP contribution is 2.35. The molecule has 0 heterocycles. The molecule has 110 valence electrons. The molecule has 4 nitrogen and oxygen atoms in total. The lowest BCUT2D eigenvalue weighted by Crippen LogP contribution is -1.97. The monoisotopic (exact) mass is 353 g/mol. The maximum Gasteiger partial charge on any atom is 0.311 e. The summed E-state index contributed by atoms with van der Waals surface area (Å²) in [6.07, 6.45) is 0.688. The molecule has 0 bridgehead atoms. The smallest absolute Gasteiger partial charge is 0.311 e. The molecule has 0 saturated carbocycles. The number of hydrogen-bond acceptors (Lipinski definition) is 3. The molecule has 0 aromatic heterocycles. The van der Waals surface area contributed by atoms with Crippen LogP contribution in [-0.2, 0) is 11.8 Å². The Morgan fingerprint density at radius 1 is 1.29 bits per heavy atom. The topological polar surface area (TPSA) is 52.4 Å². The summed E-state index contributed by atoms with van der Waals surface area (Å²) in [6, 6.07) is 9.18. The Labute approximate surface area is 129 Å². The maximum atomic E-state index is 13.7. The Hall–Kier alpha value is -1.95. The largest absolute Gasteiger partial charge is 0.450 e. The molecule has 0 spiro atoms. The van der Waals surface area contributed by atoms with Crippen LogP contribution in [0.25, 0.3) is 0 Å². The third kappa shape index (κ3) is 3.39. The Morgan fingerprint density at radius 3 is 2.67 bits per heavy atom. The van der Waals surface area contributed by atoms with Gasteiger partial charge >= 0.3 is 5.69 Å². The lowest BCUT2D eigenvalue weighted by molar-refractivity contribution is -0.385. The zero-order valence-electron chi connectivity index (χ0n) is 11.3. The van der Waals surface area contributed by atoms with Crippen molar-refractivity contribution >= 4 is 21.6 Å². The van der Waals surface area contributed by atoms with E-state index in [1.807, 2.05) is 6.92 Å². The van der Waals surface area contributed by atoms with Crippen LogP contribution >= 0.6 is 15.9 Å². The second kappa shape index (κ2) is 6.67. The summed E-state index contributed by atoms with van der Waals surface area (Å²) in [4.78, 5) is 10.6. The van der Waals surface area contributed by atoms with Crippen LogP contribution in [0.1, 0.15) is 18.1 Å². The highest BCUT2D eigenvalue weighted by molar-refractivity contribution is 9.08. The Bertz CT molecular complexity index is 676. The van der Waals surface area contributed by atoms with Gasteiger partial charge in [0.1, 0.15) is 11.6 Å². The fraction of sp³-hybridized carbons (Fsp3) is 0.200. The van der Waals surface area contributed by atoms with Gasteiger partial charge in [0.25, 0.3) is 0 Å². The maximum absolute atomic E-state index is 13.7. The van der Waals surface area contributed by atoms with E-state index in [1.165, 1.54) is 18.2 Å². The second-order valence-corrected chi connectivity index (χ2v) is 4.93. The van der Waals surface area contributed by atoms with E-state index in [0.717, 1.165) is 5.56 Å². The van der Waals surface area contributed by atoms with Crippen molar-refractivity contribution in [3.8, 4) is 11.5 Å². The SMILES string of the molecule is CCc1ccc(Oc2cccc(F)c2CBr)c([N+](=O)[O-])c1. The molecule has 0 unspecified atom stereocenters. The highest BCUT2D eigenvalue weighted by atomic mass is 79.9. The Balaban J connectivity index is 2.44. The van der Waals surface area contributed by atoms with Crippen molar-refractivity contribution in [3.63, 3.8) is 0 Å². The number of alkyl halides is 1. The van der Waals surface area contributed by atoms with Crippen molar-refractivity contribution in [3.05, 3.63) is 63.5 Å². The first-order chi connectivity index (χ1) is 10.1. The van der Waals surface area contributed by atoms with Crippen LogP contribution in [0.4, 0.5) is 10.1 Å². The van der Waals surface area contributed by atoms with Crippen LogP contribution in [0, 0.1) is 15.9 Å². The quantitative estimate of drug-likeness (QED) is 0.432. The molecule has 2 aromatic rings. The average Bonchev–Trinajstić information content (AvgIpc) is 2.47. The number of hydrogen-bond donors (Lipinski definition) is 0. The second-order valence-electron chi connectivity index (χ2n) is 4.36. The van der Waals surface area contributed by atoms with Crippen LogP contribution < -0.4 is 4.74 Å². The summed E-state index contributed by atoms with van der Waals surface area (Å²) >= 11 is 3.19. The molecule has 0 amide bonds. The third-order valence-electron chi connectivity index (χ3n) is 3.06. The van der Waals surface area contributed by atoms with E-state index in [4.69, 9.17) is 4.74 Å². The van der Waals surface area contributed by atoms with Crippen LogP contribution in [0.5, 0.6) is 11.5 Å². The molecule has 0 radical (unpaired) electrons. The lowest BCUT2D eigenvalue weighted by atomic mass is 10.1. The molecule has 0 aliphatic heterocycles. The molecule has 2 rings (SSSR count). The zero-order valence-corrected chi connectivity index (χ0v) is 12.9. The highest BCUT2D eigenvalue weighted by Gasteiger charge is 2.18. The number of benzene rings is 2. The van der Waals surface area contributed by atoms with Gasteiger partial charge in [-0.05, 0) is 30.2 Å². The van der Waals surface area contributed by atoms with E-state index in [9.17, 15) is 14.5 Å². The normalized spacial score (nSPS) is 10.4. The molecule has 0 saturated heterocycles. The van der Waals surface area contributed by atoms with E-state index < -0.39 is 10.7 Å². The summed E-state index contributed by atoms with van der Waals surface area (Å²) in [5.41, 5.74) is 1.04. The van der Waals surface area contributed by atoms with Gasteiger partial charge in [-0.3, -0.25) is 10.1 Å². The van der Waals surface area contributed by atoms with Crippen molar-refractivity contribution < 1.29 is 14.1 Å². The zero-order chi connectivity index (χ0) is 15.4. The van der Waals surface area contributed by atoms with Gasteiger partial charge in [0.15, 0.2) is 0 Å². The van der Waals surface area contributed by atoms with Crippen molar-refractivity contribution in [2.75, 3.05) is 0 Å². The number of ether oxygens (including phenoxy) is 1. The number of rotatable bonds is 5. The number of nitrogens with zero attached hydrogens (tertiary/aromatic N) is 1. The van der Waals surface area contributed by atoms with Gasteiger partial charge in [0.2, 0.25) is 5.75 Å². The molecule has 0 fully saturated rings. The van der Waals surface area contributed by atoms with Gasteiger partial charge in [-0.15, -0.1) is 0 Å². The third-order valence-corrected chi connectivity index (χ3v) is 3.62. The van der Waals surface area contributed by atoms with Gasteiger partial charge < -0.3 is 4.74 Å². The van der Waals surface area contributed by atoms with Crippen molar-refractivity contribution in [1.29, 1.82) is 0 Å². The number of halogens is 2. The fourth-order valence-electron chi connectivity index (χ4n) is 1.89. The van der Waals surface area contributed by atoms with Crippen LogP contribution in [0.3, 0.4) is 0 Å². The lowest BCUT2D eigenvalue weighted by Gasteiger charge is -2.11.